The largest absolute Gasteiger partial charge is 0.396 e. The summed E-state index contributed by atoms with van der Waals surface area (Å²) < 4.78 is 0. The quantitative estimate of drug-likeness (QED) is 0.626. The zero-order chi connectivity index (χ0) is 7.40. The fourth-order valence-electron chi connectivity index (χ4n) is 2.00. The van der Waals surface area contributed by atoms with Crippen molar-refractivity contribution in [2.75, 3.05) is 6.61 Å². The number of hydrogen-bond acceptors (Lipinski definition) is 1. The molecule has 60 valence electrons. The lowest BCUT2D eigenvalue weighted by molar-refractivity contribution is 0.206. The van der Waals surface area contributed by atoms with Crippen molar-refractivity contribution >= 4 is 0 Å². The zero-order valence-electron chi connectivity index (χ0n) is 6.84. The Hall–Kier alpha value is -0.0400. The number of hydrogen-bond donors (Lipinski definition) is 1. The molecule has 10 heavy (non-hydrogen) atoms. The predicted molar refractivity (Wildman–Crippen MR) is 42.8 cm³/mol. The molecule has 0 aliphatic heterocycles. The van der Waals surface area contributed by atoms with Gasteiger partial charge in [0.1, 0.15) is 0 Å². The second-order valence-electron chi connectivity index (χ2n) is 3.65. The van der Waals surface area contributed by atoms with Gasteiger partial charge in [0.2, 0.25) is 0 Å². The van der Waals surface area contributed by atoms with E-state index in [4.69, 9.17) is 5.11 Å². The highest BCUT2D eigenvalue weighted by Gasteiger charge is 2.17. The molecule has 0 unspecified atom stereocenters. The highest BCUT2D eigenvalue weighted by Crippen LogP contribution is 2.30. The standard InChI is InChI=1S/C9H18O/c1-8-3-2-4-9(7-8)5-6-10/h8-10H,2-7H2,1H3/t8-,9+/m1/s1. The Morgan fingerprint density at radius 2 is 2.20 bits per heavy atom. The van der Waals surface area contributed by atoms with Crippen LogP contribution in [0.3, 0.4) is 0 Å². The fraction of sp³-hybridized carbons (Fsp3) is 1.00. The molecule has 1 aliphatic carbocycles. The van der Waals surface area contributed by atoms with Crippen LogP contribution in [0, 0.1) is 11.8 Å². The van der Waals surface area contributed by atoms with E-state index in [0.29, 0.717) is 6.61 Å². The lowest BCUT2D eigenvalue weighted by atomic mass is 9.81. The Bertz CT molecular complexity index is 88.7. The van der Waals surface area contributed by atoms with Gasteiger partial charge in [0.15, 0.2) is 0 Å². The van der Waals surface area contributed by atoms with Crippen molar-refractivity contribution < 1.29 is 5.11 Å². The van der Waals surface area contributed by atoms with Crippen LogP contribution in [0.4, 0.5) is 0 Å². The summed E-state index contributed by atoms with van der Waals surface area (Å²) in [5.41, 5.74) is 0. The third-order valence-electron chi connectivity index (χ3n) is 2.58. The summed E-state index contributed by atoms with van der Waals surface area (Å²) in [4.78, 5) is 0. The van der Waals surface area contributed by atoms with Crippen LogP contribution >= 0.6 is 0 Å². The highest BCUT2D eigenvalue weighted by molar-refractivity contribution is 4.69. The summed E-state index contributed by atoms with van der Waals surface area (Å²) in [6.07, 6.45) is 6.52. The maximum Gasteiger partial charge on any atom is 0.0433 e. The number of rotatable bonds is 2. The van der Waals surface area contributed by atoms with E-state index in [0.717, 1.165) is 18.3 Å². The van der Waals surface area contributed by atoms with Gasteiger partial charge in [-0.2, -0.15) is 0 Å². The lowest BCUT2D eigenvalue weighted by Crippen LogP contribution is -2.14. The summed E-state index contributed by atoms with van der Waals surface area (Å²) in [5.74, 6) is 1.74. The minimum Gasteiger partial charge on any atom is -0.396 e. The van der Waals surface area contributed by atoms with E-state index in [9.17, 15) is 0 Å². The first-order chi connectivity index (χ1) is 4.83. The van der Waals surface area contributed by atoms with Crippen molar-refractivity contribution in [3.05, 3.63) is 0 Å². The van der Waals surface area contributed by atoms with Gasteiger partial charge in [0.05, 0.1) is 0 Å². The van der Waals surface area contributed by atoms with Gasteiger partial charge < -0.3 is 5.11 Å². The van der Waals surface area contributed by atoms with Gasteiger partial charge in [-0.15, -0.1) is 0 Å². The molecule has 1 aliphatic rings. The molecule has 0 heterocycles. The fourth-order valence-corrected chi connectivity index (χ4v) is 2.00. The Kier molecular flexibility index (Phi) is 3.20. The molecular formula is C9H18O. The summed E-state index contributed by atoms with van der Waals surface area (Å²) in [7, 11) is 0. The zero-order valence-corrected chi connectivity index (χ0v) is 6.84. The summed E-state index contributed by atoms with van der Waals surface area (Å²) >= 11 is 0. The van der Waals surface area contributed by atoms with Crippen LogP contribution < -0.4 is 0 Å². The molecule has 0 amide bonds. The average Bonchev–Trinajstić information content (AvgIpc) is 1.88. The molecule has 1 fully saturated rings. The van der Waals surface area contributed by atoms with Crippen molar-refractivity contribution in [3.63, 3.8) is 0 Å². The monoisotopic (exact) mass is 142 g/mol. The van der Waals surface area contributed by atoms with Crippen LogP contribution in [0.2, 0.25) is 0 Å². The Balaban J connectivity index is 2.18. The second kappa shape index (κ2) is 3.97. The molecule has 0 radical (unpaired) electrons. The third-order valence-corrected chi connectivity index (χ3v) is 2.58. The maximum atomic E-state index is 8.70. The average molecular weight is 142 g/mol. The summed E-state index contributed by atoms with van der Waals surface area (Å²) in [6, 6.07) is 0. The maximum absolute atomic E-state index is 8.70. The van der Waals surface area contributed by atoms with Crippen LogP contribution in [-0.2, 0) is 0 Å². The molecule has 0 spiro atoms. The van der Waals surface area contributed by atoms with E-state index in [2.05, 4.69) is 6.92 Å². The smallest absolute Gasteiger partial charge is 0.0433 e. The second-order valence-corrected chi connectivity index (χ2v) is 3.65. The first-order valence-electron chi connectivity index (χ1n) is 4.43. The molecular weight excluding hydrogens is 124 g/mol. The number of aliphatic hydroxyl groups excluding tert-OH is 1. The van der Waals surface area contributed by atoms with E-state index < -0.39 is 0 Å². The van der Waals surface area contributed by atoms with Gasteiger partial charge in [0.25, 0.3) is 0 Å². The van der Waals surface area contributed by atoms with Crippen molar-refractivity contribution in [2.24, 2.45) is 11.8 Å². The van der Waals surface area contributed by atoms with E-state index in [1.807, 2.05) is 0 Å². The third kappa shape index (κ3) is 2.30. The first kappa shape index (κ1) is 8.06. The molecule has 1 rings (SSSR count). The molecule has 1 saturated carbocycles. The van der Waals surface area contributed by atoms with Gasteiger partial charge >= 0.3 is 0 Å². The van der Waals surface area contributed by atoms with Crippen molar-refractivity contribution in [3.8, 4) is 0 Å². The molecule has 0 bridgehead atoms. The first-order valence-corrected chi connectivity index (χ1v) is 4.43. The Morgan fingerprint density at radius 1 is 1.40 bits per heavy atom. The minimum absolute atomic E-state index is 0.386. The highest BCUT2D eigenvalue weighted by atomic mass is 16.3. The molecule has 0 aromatic carbocycles. The van der Waals surface area contributed by atoms with Crippen molar-refractivity contribution in [1.29, 1.82) is 0 Å². The predicted octanol–water partition coefficient (Wildman–Crippen LogP) is 2.20. The Morgan fingerprint density at radius 3 is 2.80 bits per heavy atom. The van der Waals surface area contributed by atoms with Crippen LogP contribution in [0.5, 0.6) is 0 Å². The minimum atomic E-state index is 0.386. The Labute approximate surface area is 63.4 Å². The normalized spacial score (nSPS) is 34.2. The van der Waals surface area contributed by atoms with Gasteiger partial charge in [0, 0.05) is 6.61 Å². The van der Waals surface area contributed by atoms with E-state index in [-0.39, 0.29) is 0 Å². The molecule has 0 aromatic rings. The van der Waals surface area contributed by atoms with E-state index >= 15 is 0 Å². The van der Waals surface area contributed by atoms with E-state index in [1.54, 1.807) is 0 Å². The molecule has 0 saturated heterocycles. The van der Waals surface area contributed by atoms with Crippen molar-refractivity contribution in [2.45, 2.75) is 39.0 Å². The van der Waals surface area contributed by atoms with E-state index in [1.165, 1.54) is 25.7 Å². The van der Waals surface area contributed by atoms with Gasteiger partial charge in [-0.25, -0.2) is 0 Å². The molecule has 2 atom stereocenters. The van der Waals surface area contributed by atoms with Crippen LogP contribution in [0.15, 0.2) is 0 Å². The van der Waals surface area contributed by atoms with Gasteiger partial charge in [-0.1, -0.05) is 26.2 Å². The SMILES string of the molecule is C[C@@H]1CCC[C@@H](CCO)C1. The number of aliphatic hydroxyl groups is 1. The molecule has 1 N–H and O–H groups in total. The van der Waals surface area contributed by atoms with Crippen LogP contribution in [-0.4, -0.2) is 11.7 Å². The molecule has 1 nitrogen and oxygen atoms in total. The van der Waals surface area contributed by atoms with Gasteiger partial charge in [-0.3, -0.25) is 0 Å². The van der Waals surface area contributed by atoms with Crippen LogP contribution in [0.25, 0.3) is 0 Å². The molecule has 1 heteroatoms. The van der Waals surface area contributed by atoms with Crippen LogP contribution in [0.1, 0.15) is 39.0 Å². The van der Waals surface area contributed by atoms with Gasteiger partial charge in [-0.05, 0) is 24.7 Å². The summed E-state index contributed by atoms with van der Waals surface area (Å²) in [5, 5.41) is 8.70. The molecule has 0 aromatic heterocycles. The topological polar surface area (TPSA) is 20.2 Å². The lowest BCUT2D eigenvalue weighted by Gasteiger charge is -2.25. The summed E-state index contributed by atoms with van der Waals surface area (Å²) in [6.45, 7) is 2.71. The van der Waals surface area contributed by atoms with Crippen molar-refractivity contribution in [1.82, 2.24) is 0 Å².